The number of para-hydroxylation sites is 1. The van der Waals surface area contributed by atoms with Gasteiger partial charge in [0.1, 0.15) is 17.7 Å². The Balaban J connectivity index is 2.66. The Morgan fingerprint density at radius 3 is 2.10 bits per heavy atom. The summed E-state index contributed by atoms with van der Waals surface area (Å²) in [5, 5.41) is 5.95. The van der Waals surface area contributed by atoms with E-state index in [1.807, 2.05) is 90.3 Å². The van der Waals surface area contributed by atoms with Crippen molar-refractivity contribution in [3.8, 4) is 0 Å². The highest BCUT2D eigenvalue weighted by Crippen LogP contribution is 2.34. The van der Waals surface area contributed by atoms with E-state index in [2.05, 4.69) is 10.6 Å². The third-order valence-corrected chi connectivity index (χ3v) is 7.59. The maximum atomic E-state index is 14.5. The first-order valence-corrected chi connectivity index (χ1v) is 15.3. The van der Waals surface area contributed by atoms with Gasteiger partial charge in [-0.05, 0) is 96.9 Å². The number of rotatable bonds is 11. The molecule has 40 heavy (non-hydrogen) atoms. The number of benzene rings is 2. The summed E-state index contributed by atoms with van der Waals surface area (Å²) in [6.45, 7) is 17.1. The molecule has 2 aromatic carbocycles. The second-order valence-corrected chi connectivity index (χ2v) is 12.9. The molecule has 0 bridgehead atoms. The van der Waals surface area contributed by atoms with Crippen molar-refractivity contribution < 1.29 is 19.1 Å². The average Bonchev–Trinajstić information content (AvgIpc) is 2.85. The first kappa shape index (κ1) is 33.2. The second-order valence-electron chi connectivity index (χ2n) is 11.9. The van der Waals surface area contributed by atoms with Crippen LogP contribution in [0, 0.1) is 20.8 Å². The number of anilines is 1. The molecule has 0 aliphatic heterocycles. The Morgan fingerprint density at radius 2 is 1.57 bits per heavy atom. The number of hydrogen-bond acceptors (Lipinski definition) is 5. The Kier molecular flexibility index (Phi) is 11.7. The number of amides is 3. The average molecular weight is 570 g/mol. The molecule has 0 heterocycles. The molecule has 0 fully saturated rings. The molecule has 2 atom stereocenters. The molecule has 2 unspecified atom stereocenters. The maximum Gasteiger partial charge on any atom is 0.408 e. The Morgan fingerprint density at radius 1 is 0.975 bits per heavy atom. The number of ether oxygens (including phenoxy) is 1. The van der Waals surface area contributed by atoms with Crippen LogP contribution < -0.4 is 10.6 Å². The number of carbonyl (C=O) groups is 3. The summed E-state index contributed by atoms with van der Waals surface area (Å²) in [4.78, 5) is 43.3. The van der Waals surface area contributed by atoms with Gasteiger partial charge in [-0.25, -0.2) is 4.79 Å². The van der Waals surface area contributed by atoms with E-state index in [0.29, 0.717) is 24.2 Å². The summed E-state index contributed by atoms with van der Waals surface area (Å²) < 4.78 is 5.50. The Hall–Kier alpha value is -3.00. The van der Waals surface area contributed by atoms with Gasteiger partial charge in [0, 0.05) is 11.2 Å². The van der Waals surface area contributed by atoms with Gasteiger partial charge < -0.3 is 20.3 Å². The van der Waals surface area contributed by atoms with Gasteiger partial charge in [-0.2, -0.15) is 11.8 Å². The molecular weight excluding hydrogens is 522 g/mol. The topological polar surface area (TPSA) is 87.7 Å². The van der Waals surface area contributed by atoms with Crippen molar-refractivity contribution in [2.45, 2.75) is 98.4 Å². The number of nitrogens with zero attached hydrogens (tertiary/aromatic N) is 1. The zero-order valence-corrected chi connectivity index (χ0v) is 26.6. The lowest BCUT2D eigenvalue weighted by atomic mass is 9.91. The summed E-state index contributed by atoms with van der Waals surface area (Å²) in [5.41, 5.74) is 2.88. The van der Waals surface area contributed by atoms with Gasteiger partial charge in [0.25, 0.3) is 5.91 Å². The second kappa shape index (κ2) is 14.1. The van der Waals surface area contributed by atoms with Crippen molar-refractivity contribution in [2.75, 3.05) is 17.3 Å². The van der Waals surface area contributed by atoms with E-state index in [1.165, 1.54) is 0 Å². The van der Waals surface area contributed by atoms with Gasteiger partial charge in [0.2, 0.25) is 5.91 Å². The molecule has 3 amide bonds. The number of alkyl carbamates (subject to hydrolysis) is 1. The zero-order chi connectivity index (χ0) is 30.3. The van der Waals surface area contributed by atoms with Crippen molar-refractivity contribution >= 4 is 35.4 Å². The van der Waals surface area contributed by atoms with E-state index < -0.39 is 29.3 Å². The van der Waals surface area contributed by atoms with E-state index in [4.69, 9.17) is 4.74 Å². The molecule has 220 valence electrons. The standard InChI is InChI=1S/C32H47N3O4S/c1-11-32(8,9)35(29(37)25(18-19-40-10)33-30(38)39-31(5,6)7)27(24-17-12-14-21(2)20-24)28(36)34-26-22(3)15-13-16-23(26)4/h12-17,20,25,27H,11,18-19H2,1-10H3,(H,33,38)(H,34,36). The molecule has 0 radical (unpaired) electrons. The van der Waals surface area contributed by atoms with Crippen LogP contribution in [-0.2, 0) is 14.3 Å². The molecule has 0 aliphatic carbocycles. The lowest BCUT2D eigenvalue weighted by Crippen LogP contribution is -2.59. The van der Waals surface area contributed by atoms with E-state index in [0.717, 1.165) is 22.4 Å². The van der Waals surface area contributed by atoms with Crippen molar-refractivity contribution in [3.05, 3.63) is 64.7 Å². The van der Waals surface area contributed by atoms with Gasteiger partial charge in [-0.15, -0.1) is 0 Å². The van der Waals surface area contributed by atoms with Crippen molar-refractivity contribution in [1.82, 2.24) is 10.2 Å². The SMILES string of the molecule is CCC(C)(C)N(C(=O)C(CCSC)NC(=O)OC(C)(C)C)C(C(=O)Nc1c(C)cccc1C)c1cccc(C)c1. The van der Waals surface area contributed by atoms with Gasteiger partial charge >= 0.3 is 6.09 Å². The van der Waals surface area contributed by atoms with Crippen LogP contribution in [0.2, 0.25) is 0 Å². The minimum absolute atomic E-state index is 0.307. The monoisotopic (exact) mass is 569 g/mol. The fraction of sp³-hybridized carbons (Fsp3) is 0.531. The first-order chi connectivity index (χ1) is 18.6. The van der Waals surface area contributed by atoms with Crippen LogP contribution in [0.4, 0.5) is 10.5 Å². The number of thioether (sulfide) groups is 1. The van der Waals surface area contributed by atoms with Crippen molar-refractivity contribution in [2.24, 2.45) is 0 Å². The van der Waals surface area contributed by atoms with Gasteiger partial charge in [-0.3, -0.25) is 9.59 Å². The van der Waals surface area contributed by atoms with Crippen LogP contribution in [0.3, 0.4) is 0 Å². The highest BCUT2D eigenvalue weighted by Gasteiger charge is 2.43. The third-order valence-electron chi connectivity index (χ3n) is 6.95. The van der Waals surface area contributed by atoms with Crippen molar-refractivity contribution in [3.63, 3.8) is 0 Å². The Bertz CT molecular complexity index is 1170. The quantitative estimate of drug-likeness (QED) is 0.306. The van der Waals surface area contributed by atoms with Gasteiger partial charge in [0.15, 0.2) is 0 Å². The lowest BCUT2D eigenvalue weighted by molar-refractivity contribution is -0.147. The molecule has 2 aromatic rings. The van der Waals surface area contributed by atoms with Crippen LogP contribution in [0.15, 0.2) is 42.5 Å². The molecule has 0 aliphatic rings. The fourth-order valence-electron chi connectivity index (χ4n) is 4.52. The van der Waals surface area contributed by atoms with E-state index in [9.17, 15) is 14.4 Å². The highest BCUT2D eigenvalue weighted by atomic mass is 32.2. The smallest absolute Gasteiger partial charge is 0.408 e. The summed E-state index contributed by atoms with van der Waals surface area (Å²) >= 11 is 1.59. The molecule has 0 spiro atoms. The molecule has 2 rings (SSSR count). The minimum Gasteiger partial charge on any atom is -0.444 e. The zero-order valence-electron chi connectivity index (χ0n) is 25.8. The molecule has 0 aromatic heterocycles. The minimum atomic E-state index is -0.932. The number of aryl methyl sites for hydroxylation is 3. The third kappa shape index (κ3) is 9.01. The van der Waals surface area contributed by atoms with Crippen LogP contribution in [-0.4, -0.2) is 52.0 Å². The van der Waals surface area contributed by atoms with Crippen LogP contribution in [0.5, 0.6) is 0 Å². The van der Waals surface area contributed by atoms with Crippen LogP contribution in [0.25, 0.3) is 0 Å². The predicted octanol–water partition coefficient (Wildman–Crippen LogP) is 6.96. The molecule has 8 heteroatoms. The van der Waals surface area contributed by atoms with E-state index in [-0.39, 0.29) is 11.8 Å². The Labute approximate surface area is 244 Å². The van der Waals surface area contributed by atoms with Gasteiger partial charge in [0.05, 0.1) is 0 Å². The lowest BCUT2D eigenvalue weighted by Gasteiger charge is -2.44. The highest BCUT2D eigenvalue weighted by molar-refractivity contribution is 7.98. The maximum absolute atomic E-state index is 14.5. The summed E-state index contributed by atoms with van der Waals surface area (Å²) in [6.07, 6.45) is 2.29. The van der Waals surface area contributed by atoms with Crippen molar-refractivity contribution in [1.29, 1.82) is 0 Å². The molecular formula is C32H47N3O4S. The first-order valence-electron chi connectivity index (χ1n) is 13.9. The normalized spacial score (nSPS) is 13.2. The summed E-state index contributed by atoms with van der Waals surface area (Å²) in [6, 6.07) is 11.7. The summed E-state index contributed by atoms with van der Waals surface area (Å²) in [5.74, 6) is 0.0183. The predicted molar refractivity (Wildman–Crippen MR) is 166 cm³/mol. The molecule has 0 saturated heterocycles. The number of carbonyl (C=O) groups excluding carboxylic acids is 3. The number of nitrogens with one attached hydrogen (secondary N) is 2. The molecule has 2 N–H and O–H groups in total. The molecule has 0 saturated carbocycles. The van der Waals surface area contributed by atoms with Crippen LogP contribution >= 0.6 is 11.8 Å². The van der Waals surface area contributed by atoms with E-state index in [1.54, 1.807) is 37.4 Å². The van der Waals surface area contributed by atoms with Crippen LogP contribution in [0.1, 0.15) is 82.7 Å². The van der Waals surface area contributed by atoms with E-state index >= 15 is 0 Å². The number of hydrogen-bond donors (Lipinski definition) is 2. The largest absolute Gasteiger partial charge is 0.444 e. The fourth-order valence-corrected chi connectivity index (χ4v) is 4.99. The molecule has 7 nitrogen and oxygen atoms in total. The van der Waals surface area contributed by atoms with Gasteiger partial charge in [-0.1, -0.05) is 55.0 Å². The summed E-state index contributed by atoms with van der Waals surface area (Å²) in [7, 11) is 0.